The van der Waals surface area contributed by atoms with Crippen LogP contribution in [0.5, 0.6) is 0 Å². The summed E-state index contributed by atoms with van der Waals surface area (Å²) >= 11 is 0. The van der Waals surface area contributed by atoms with E-state index in [9.17, 15) is 4.79 Å². The Bertz CT molecular complexity index is 1720. The van der Waals surface area contributed by atoms with Crippen LogP contribution < -0.4 is 5.73 Å². The van der Waals surface area contributed by atoms with E-state index in [4.69, 9.17) is 15.2 Å². The molecule has 1 aliphatic heterocycles. The van der Waals surface area contributed by atoms with Crippen molar-refractivity contribution in [2.75, 3.05) is 18.8 Å². The fourth-order valence-corrected chi connectivity index (χ4v) is 6.19. The molecule has 224 valence electrons. The zero-order valence-corrected chi connectivity index (χ0v) is 24.9. The molecule has 0 spiro atoms. The van der Waals surface area contributed by atoms with Crippen LogP contribution in [0.3, 0.4) is 0 Å². The van der Waals surface area contributed by atoms with Gasteiger partial charge in [-0.2, -0.15) is 0 Å². The number of hydrogen-bond acceptors (Lipinski definition) is 6. The van der Waals surface area contributed by atoms with Crippen LogP contribution in [0, 0.1) is 11.8 Å². The Hall–Kier alpha value is -5.11. The van der Waals surface area contributed by atoms with E-state index < -0.39 is 0 Å². The smallest absolute Gasteiger partial charge is 0.410 e. The van der Waals surface area contributed by atoms with E-state index >= 15 is 0 Å². The van der Waals surface area contributed by atoms with Crippen LogP contribution in [-0.2, 0) is 22.7 Å². The fraction of sp³-hybridized carbons (Fsp3) is 0.250. The standard InChI is InChI=1S/C36H37N5O3/c1-3-28(17-31(4-2)43-22-25-11-7-5-8-12-25)32-21-40(35-33(32)34(37)38-24-39-35)18-27-15-29-19-41(20-30(29)16-27)36(42)44-23-26-13-9-6-10-14-26/h3-14,17-18,21,24,29-30H,1,15-16,19-20,22-23H2,2H3,(H2,37,38,39)/b27-18?,28-17+,31-4+. The Labute approximate surface area is 257 Å². The number of nitrogens with zero attached hydrogens (tertiary/aromatic N) is 4. The predicted molar refractivity (Wildman–Crippen MR) is 174 cm³/mol. The second-order valence-corrected chi connectivity index (χ2v) is 11.3. The highest BCUT2D eigenvalue weighted by Gasteiger charge is 2.40. The Morgan fingerprint density at radius 3 is 2.23 bits per heavy atom. The number of hydrogen-bond donors (Lipinski definition) is 1. The predicted octanol–water partition coefficient (Wildman–Crippen LogP) is 7.22. The molecular weight excluding hydrogens is 550 g/mol. The van der Waals surface area contributed by atoms with Gasteiger partial charge in [-0.15, -0.1) is 0 Å². The van der Waals surface area contributed by atoms with Crippen molar-refractivity contribution in [1.29, 1.82) is 0 Å². The molecule has 2 aromatic carbocycles. The van der Waals surface area contributed by atoms with E-state index in [0.29, 0.717) is 44.0 Å². The Morgan fingerprint density at radius 1 is 0.977 bits per heavy atom. The quantitative estimate of drug-likeness (QED) is 0.164. The van der Waals surface area contributed by atoms with Crippen molar-refractivity contribution >= 4 is 34.7 Å². The zero-order chi connectivity index (χ0) is 30.5. The first-order valence-electron chi connectivity index (χ1n) is 15.0. The van der Waals surface area contributed by atoms with Gasteiger partial charge in [-0.3, -0.25) is 0 Å². The number of anilines is 1. The van der Waals surface area contributed by atoms with Crippen molar-refractivity contribution in [1.82, 2.24) is 19.4 Å². The molecule has 2 fully saturated rings. The number of aromatic nitrogens is 3. The summed E-state index contributed by atoms with van der Waals surface area (Å²) in [6.45, 7) is 8.20. The van der Waals surface area contributed by atoms with E-state index in [0.717, 1.165) is 51.9 Å². The number of fused-ring (bicyclic) bond motifs is 2. The number of ether oxygens (including phenoxy) is 2. The average Bonchev–Trinajstić information content (AvgIpc) is 3.74. The maximum absolute atomic E-state index is 12.7. The molecule has 44 heavy (non-hydrogen) atoms. The maximum Gasteiger partial charge on any atom is 0.410 e. The molecule has 1 amide bonds. The third-order valence-corrected chi connectivity index (χ3v) is 8.41. The van der Waals surface area contributed by atoms with Crippen molar-refractivity contribution in [2.24, 2.45) is 11.8 Å². The summed E-state index contributed by atoms with van der Waals surface area (Å²) < 4.78 is 13.7. The third-order valence-electron chi connectivity index (χ3n) is 8.41. The van der Waals surface area contributed by atoms with E-state index in [2.05, 4.69) is 22.7 Å². The van der Waals surface area contributed by atoms with Crippen molar-refractivity contribution < 1.29 is 14.3 Å². The minimum Gasteiger partial charge on any atom is -0.489 e. The van der Waals surface area contributed by atoms with Gasteiger partial charge in [0.05, 0.1) is 5.39 Å². The van der Waals surface area contributed by atoms with Gasteiger partial charge in [-0.1, -0.05) is 78.9 Å². The highest BCUT2D eigenvalue weighted by Crippen LogP contribution is 2.42. The molecule has 2 aliphatic rings. The lowest BCUT2D eigenvalue weighted by molar-refractivity contribution is 0.102. The molecule has 3 heterocycles. The number of allylic oxidation sites excluding steroid dienone is 5. The molecule has 1 saturated carbocycles. The van der Waals surface area contributed by atoms with Crippen LogP contribution in [0.4, 0.5) is 10.6 Å². The molecule has 1 aliphatic carbocycles. The first kappa shape index (κ1) is 29.0. The van der Waals surface area contributed by atoms with Gasteiger partial charge >= 0.3 is 6.09 Å². The molecule has 4 aromatic rings. The van der Waals surface area contributed by atoms with Crippen LogP contribution in [0.1, 0.15) is 36.5 Å². The average molecular weight is 588 g/mol. The third kappa shape index (κ3) is 6.29. The molecule has 0 bridgehead atoms. The summed E-state index contributed by atoms with van der Waals surface area (Å²) in [6.07, 6.45) is 13.0. The summed E-state index contributed by atoms with van der Waals surface area (Å²) in [7, 11) is 0. The largest absolute Gasteiger partial charge is 0.489 e. The fourth-order valence-electron chi connectivity index (χ4n) is 6.19. The Kier molecular flexibility index (Phi) is 8.59. The SMILES string of the molecule is C=C/C(=C\C(=C/C)OCc1ccccc1)c1cn(C=C2CC3CN(C(=O)OCc4ccccc4)CC3C2)c2ncnc(N)c12. The van der Waals surface area contributed by atoms with Crippen LogP contribution in [0.2, 0.25) is 0 Å². The minimum absolute atomic E-state index is 0.237. The number of rotatable bonds is 9. The number of likely N-dealkylation sites (tertiary alicyclic amines) is 1. The Morgan fingerprint density at radius 2 is 1.61 bits per heavy atom. The lowest BCUT2D eigenvalue weighted by Gasteiger charge is -2.17. The van der Waals surface area contributed by atoms with Gasteiger partial charge in [0.2, 0.25) is 0 Å². The normalized spacial score (nSPS) is 18.4. The molecule has 8 heteroatoms. The van der Waals surface area contributed by atoms with Crippen molar-refractivity contribution in [2.45, 2.75) is 33.0 Å². The van der Waals surface area contributed by atoms with E-state index in [1.807, 2.05) is 95.4 Å². The number of benzene rings is 2. The van der Waals surface area contributed by atoms with E-state index in [-0.39, 0.29) is 6.09 Å². The number of amides is 1. The zero-order valence-electron chi connectivity index (χ0n) is 24.9. The molecule has 2 aromatic heterocycles. The summed E-state index contributed by atoms with van der Waals surface area (Å²) in [5.41, 5.74) is 12.3. The number of carbonyl (C=O) groups excluding carboxylic acids is 1. The van der Waals surface area contributed by atoms with Crippen LogP contribution in [0.15, 0.2) is 109 Å². The van der Waals surface area contributed by atoms with Crippen LogP contribution in [-0.4, -0.2) is 38.6 Å². The maximum atomic E-state index is 12.7. The summed E-state index contributed by atoms with van der Waals surface area (Å²) in [6, 6.07) is 19.8. The van der Waals surface area contributed by atoms with Gasteiger partial charge in [0, 0.05) is 31.0 Å². The number of carbonyl (C=O) groups is 1. The van der Waals surface area contributed by atoms with E-state index in [1.54, 1.807) is 6.08 Å². The monoisotopic (exact) mass is 587 g/mol. The lowest BCUT2D eigenvalue weighted by Crippen LogP contribution is -2.30. The molecule has 2 N–H and O–H groups in total. The first-order valence-corrected chi connectivity index (χ1v) is 15.0. The summed E-state index contributed by atoms with van der Waals surface area (Å²) in [5.74, 6) is 1.97. The topological polar surface area (TPSA) is 95.5 Å². The van der Waals surface area contributed by atoms with Gasteiger partial charge in [-0.05, 0) is 60.5 Å². The molecule has 2 atom stereocenters. The van der Waals surface area contributed by atoms with Gasteiger partial charge in [0.25, 0.3) is 0 Å². The van der Waals surface area contributed by atoms with Gasteiger partial charge in [-0.25, -0.2) is 14.8 Å². The molecule has 0 radical (unpaired) electrons. The molecule has 6 rings (SSSR count). The molecular formula is C36H37N5O3. The van der Waals surface area contributed by atoms with Crippen molar-refractivity contribution in [3.63, 3.8) is 0 Å². The van der Waals surface area contributed by atoms with Crippen LogP contribution in [0.25, 0.3) is 22.8 Å². The second kappa shape index (κ2) is 13.0. The van der Waals surface area contributed by atoms with Gasteiger partial charge < -0.3 is 24.7 Å². The number of nitrogens with two attached hydrogens (primary N) is 1. The highest BCUT2D eigenvalue weighted by molar-refractivity contribution is 6.00. The summed E-state index contributed by atoms with van der Waals surface area (Å²) in [5, 5.41) is 0.777. The van der Waals surface area contributed by atoms with Crippen LogP contribution >= 0.6 is 0 Å². The minimum atomic E-state index is -0.237. The molecule has 8 nitrogen and oxygen atoms in total. The van der Waals surface area contributed by atoms with Crippen molar-refractivity contribution in [3.8, 4) is 0 Å². The Balaban J connectivity index is 1.18. The first-order chi connectivity index (χ1) is 21.5. The second-order valence-electron chi connectivity index (χ2n) is 11.3. The highest BCUT2D eigenvalue weighted by atomic mass is 16.6. The van der Waals surface area contributed by atoms with Crippen molar-refractivity contribution in [3.05, 3.63) is 126 Å². The number of nitrogen functional groups attached to an aromatic ring is 1. The molecule has 2 unspecified atom stereocenters. The van der Waals surface area contributed by atoms with E-state index in [1.165, 1.54) is 11.9 Å². The van der Waals surface area contributed by atoms with Gasteiger partial charge in [0.1, 0.15) is 36.8 Å². The lowest BCUT2D eigenvalue weighted by atomic mass is 10.0. The van der Waals surface area contributed by atoms with Gasteiger partial charge in [0.15, 0.2) is 0 Å². The molecule has 1 saturated heterocycles. The summed E-state index contributed by atoms with van der Waals surface area (Å²) in [4.78, 5) is 23.5.